The van der Waals surface area contributed by atoms with E-state index < -0.39 is 0 Å². The molecule has 3 rings (SSSR count). The molecule has 0 spiro atoms. The number of amides is 2. The summed E-state index contributed by atoms with van der Waals surface area (Å²) >= 11 is 0. The Morgan fingerprint density at radius 1 is 1.40 bits per heavy atom. The van der Waals surface area contributed by atoms with E-state index in [-0.39, 0.29) is 6.03 Å². The summed E-state index contributed by atoms with van der Waals surface area (Å²) in [5.74, 6) is 0.518. The van der Waals surface area contributed by atoms with Gasteiger partial charge in [0.1, 0.15) is 0 Å². The second-order valence-corrected chi connectivity index (χ2v) is 5.06. The third kappa shape index (κ3) is 3.08. The summed E-state index contributed by atoms with van der Waals surface area (Å²) in [7, 11) is 0. The maximum atomic E-state index is 11.9. The molecule has 106 valence electrons. The maximum Gasteiger partial charge on any atom is 0.319 e. The number of urea groups is 1. The second kappa shape index (κ2) is 5.92. The van der Waals surface area contributed by atoms with Crippen LogP contribution in [0, 0.1) is 5.92 Å². The topological polar surface area (TPSA) is 79.0 Å². The standard InChI is InChI=1S/C14H18N4O2/c19-14(15-8-10-3-5-20-6-4-10)17-12-2-1-11-9-16-18-13(11)7-12/h1-2,7,9-10H,3-6,8H2,(H,16,18)(H2,15,17,19). The molecule has 2 heterocycles. The van der Waals surface area contributed by atoms with E-state index in [2.05, 4.69) is 20.8 Å². The smallest absolute Gasteiger partial charge is 0.319 e. The van der Waals surface area contributed by atoms with Crippen molar-refractivity contribution in [2.75, 3.05) is 25.1 Å². The van der Waals surface area contributed by atoms with Gasteiger partial charge in [0.05, 0.1) is 11.7 Å². The van der Waals surface area contributed by atoms with Gasteiger partial charge in [0.25, 0.3) is 0 Å². The van der Waals surface area contributed by atoms with Crippen LogP contribution in [0.4, 0.5) is 10.5 Å². The van der Waals surface area contributed by atoms with Crippen LogP contribution in [0.5, 0.6) is 0 Å². The number of hydrogen-bond donors (Lipinski definition) is 3. The Balaban J connectivity index is 1.52. The highest BCUT2D eigenvalue weighted by Gasteiger charge is 2.14. The second-order valence-electron chi connectivity index (χ2n) is 5.06. The zero-order valence-corrected chi connectivity index (χ0v) is 11.2. The van der Waals surface area contributed by atoms with Gasteiger partial charge in [-0.1, -0.05) is 0 Å². The lowest BCUT2D eigenvalue weighted by Crippen LogP contribution is -2.35. The number of ether oxygens (including phenoxy) is 1. The number of aromatic amines is 1. The number of benzene rings is 1. The number of H-pyrrole nitrogens is 1. The molecule has 6 nitrogen and oxygen atoms in total. The molecule has 2 aromatic rings. The van der Waals surface area contributed by atoms with Crippen LogP contribution < -0.4 is 10.6 Å². The minimum Gasteiger partial charge on any atom is -0.381 e. The predicted molar refractivity (Wildman–Crippen MR) is 76.7 cm³/mol. The monoisotopic (exact) mass is 274 g/mol. The van der Waals surface area contributed by atoms with Gasteiger partial charge in [-0.15, -0.1) is 0 Å². The van der Waals surface area contributed by atoms with E-state index in [0.29, 0.717) is 12.5 Å². The zero-order chi connectivity index (χ0) is 13.8. The number of anilines is 1. The average Bonchev–Trinajstić information content (AvgIpc) is 2.94. The Morgan fingerprint density at radius 2 is 2.25 bits per heavy atom. The van der Waals surface area contributed by atoms with Crippen LogP contribution in [0.15, 0.2) is 24.4 Å². The molecule has 2 amide bonds. The molecular formula is C14H18N4O2. The molecule has 1 aliphatic heterocycles. The molecule has 0 bridgehead atoms. The summed E-state index contributed by atoms with van der Waals surface area (Å²) in [6.45, 7) is 2.29. The molecular weight excluding hydrogens is 256 g/mol. The normalized spacial score (nSPS) is 16.2. The Morgan fingerprint density at radius 3 is 3.10 bits per heavy atom. The van der Waals surface area contributed by atoms with Crippen molar-refractivity contribution in [3.05, 3.63) is 24.4 Å². The van der Waals surface area contributed by atoms with Gasteiger partial charge in [0, 0.05) is 30.8 Å². The van der Waals surface area contributed by atoms with E-state index >= 15 is 0 Å². The molecule has 0 saturated carbocycles. The fourth-order valence-corrected chi connectivity index (χ4v) is 2.38. The zero-order valence-electron chi connectivity index (χ0n) is 11.2. The van der Waals surface area contributed by atoms with Gasteiger partial charge in [-0.25, -0.2) is 4.79 Å². The predicted octanol–water partition coefficient (Wildman–Crippen LogP) is 2.11. The summed E-state index contributed by atoms with van der Waals surface area (Å²) in [4.78, 5) is 11.9. The molecule has 1 aromatic carbocycles. The first-order valence-electron chi connectivity index (χ1n) is 6.87. The van der Waals surface area contributed by atoms with Gasteiger partial charge in [-0.2, -0.15) is 5.10 Å². The number of fused-ring (bicyclic) bond motifs is 1. The Kier molecular flexibility index (Phi) is 3.83. The highest BCUT2D eigenvalue weighted by molar-refractivity contribution is 5.92. The highest BCUT2D eigenvalue weighted by Crippen LogP contribution is 2.16. The number of rotatable bonds is 3. The SMILES string of the molecule is O=C(NCC1CCOCC1)Nc1ccc2cn[nH]c2c1. The number of aromatic nitrogens is 2. The quantitative estimate of drug-likeness (QED) is 0.802. The number of carbonyl (C=O) groups excluding carboxylic acids is 1. The van der Waals surface area contributed by atoms with Crippen molar-refractivity contribution in [3.8, 4) is 0 Å². The van der Waals surface area contributed by atoms with Crippen molar-refractivity contribution >= 4 is 22.6 Å². The fourth-order valence-electron chi connectivity index (χ4n) is 2.38. The van der Waals surface area contributed by atoms with E-state index in [4.69, 9.17) is 4.74 Å². The van der Waals surface area contributed by atoms with Crippen LogP contribution in [0.2, 0.25) is 0 Å². The van der Waals surface area contributed by atoms with Crippen LogP contribution in [-0.2, 0) is 4.74 Å². The van der Waals surface area contributed by atoms with Crippen LogP contribution >= 0.6 is 0 Å². The Hall–Kier alpha value is -2.08. The maximum absolute atomic E-state index is 11.9. The molecule has 1 aromatic heterocycles. The number of nitrogens with zero attached hydrogens (tertiary/aromatic N) is 1. The summed E-state index contributed by atoms with van der Waals surface area (Å²) in [5.41, 5.74) is 1.67. The lowest BCUT2D eigenvalue weighted by molar-refractivity contribution is 0.0671. The van der Waals surface area contributed by atoms with Gasteiger partial charge in [-0.3, -0.25) is 5.10 Å². The summed E-state index contributed by atoms with van der Waals surface area (Å²) in [5, 5.41) is 13.6. The summed E-state index contributed by atoms with van der Waals surface area (Å²) in [6.07, 6.45) is 3.78. The molecule has 3 N–H and O–H groups in total. The van der Waals surface area contributed by atoms with Crippen molar-refractivity contribution in [2.45, 2.75) is 12.8 Å². The van der Waals surface area contributed by atoms with Crippen molar-refractivity contribution in [1.29, 1.82) is 0 Å². The van der Waals surface area contributed by atoms with Crippen molar-refractivity contribution in [3.63, 3.8) is 0 Å². The minimum atomic E-state index is -0.171. The minimum absolute atomic E-state index is 0.171. The summed E-state index contributed by atoms with van der Waals surface area (Å²) < 4.78 is 5.30. The van der Waals surface area contributed by atoms with Gasteiger partial charge in [-0.05, 0) is 37.0 Å². The van der Waals surface area contributed by atoms with E-state index in [9.17, 15) is 4.79 Å². The van der Waals surface area contributed by atoms with Gasteiger partial charge >= 0.3 is 6.03 Å². The van der Waals surface area contributed by atoms with Gasteiger partial charge in [0.2, 0.25) is 0 Å². The Labute approximate surface area is 116 Å². The molecule has 0 atom stereocenters. The largest absolute Gasteiger partial charge is 0.381 e. The number of hydrogen-bond acceptors (Lipinski definition) is 3. The third-order valence-electron chi connectivity index (χ3n) is 3.59. The first-order chi connectivity index (χ1) is 9.81. The van der Waals surface area contributed by atoms with Crippen LogP contribution in [-0.4, -0.2) is 36.0 Å². The first-order valence-corrected chi connectivity index (χ1v) is 6.87. The molecule has 0 unspecified atom stereocenters. The van der Waals surface area contributed by atoms with Crippen molar-refractivity contribution in [2.24, 2.45) is 5.92 Å². The lowest BCUT2D eigenvalue weighted by atomic mass is 10.0. The molecule has 1 fully saturated rings. The van der Waals surface area contributed by atoms with E-state index in [1.165, 1.54) is 0 Å². The van der Waals surface area contributed by atoms with Gasteiger partial charge < -0.3 is 15.4 Å². The van der Waals surface area contributed by atoms with Crippen molar-refractivity contribution in [1.82, 2.24) is 15.5 Å². The molecule has 0 radical (unpaired) electrons. The third-order valence-corrected chi connectivity index (χ3v) is 3.59. The molecule has 20 heavy (non-hydrogen) atoms. The number of carbonyl (C=O) groups is 1. The van der Waals surface area contributed by atoms with E-state index in [1.54, 1.807) is 6.20 Å². The van der Waals surface area contributed by atoms with E-state index in [1.807, 2.05) is 18.2 Å². The van der Waals surface area contributed by atoms with Crippen LogP contribution in [0.3, 0.4) is 0 Å². The molecule has 1 aliphatic rings. The highest BCUT2D eigenvalue weighted by atomic mass is 16.5. The van der Waals surface area contributed by atoms with E-state index in [0.717, 1.165) is 42.6 Å². The lowest BCUT2D eigenvalue weighted by Gasteiger charge is -2.22. The average molecular weight is 274 g/mol. The molecule has 0 aliphatic carbocycles. The molecule has 1 saturated heterocycles. The van der Waals surface area contributed by atoms with Gasteiger partial charge in [0.15, 0.2) is 0 Å². The molecule has 6 heteroatoms. The van der Waals surface area contributed by atoms with Crippen molar-refractivity contribution < 1.29 is 9.53 Å². The fraction of sp³-hybridized carbons (Fsp3) is 0.429. The van der Waals surface area contributed by atoms with Crippen LogP contribution in [0.25, 0.3) is 10.9 Å². The van der Waals surface area contributed by atoms with Crippen LogP contribution in [0.1, 0.15) is 12.8 Å². The Bertz CT molecular complexity index is 590. The summed E-state index contributed by atoms with van der Waals surface area (Å²) in [6, 6.07) is 5.49. The number of nitrogens with one attached hydrogen (secondary N) is 3. The first kappa shape index (κ1) is 12.9.